The molecule has 13 heteroatoms. The van der Waals surface area contributed by atoms with E-state index in [9.17, 15) is 31.9 Å². The van der Waals surface area contributed by atoms with Crippen molar-refractivity contribution in [2.45, 2.75) is 78.6 Å². The molecule has 1 amide bonds. The van der Waals surface area contributed by atoms with Gasteiger partial charge in [-0.05, 0) is 79.5 Å². The summed E-state index contributed by atoms with van der Waals surface area (Å²) in [4.78, 5) is 36.6. The fourth-order valence-corrected chi connectivity index (χ4v) is 5.66. The summed E-state index contributed by atoms with van der Waals surface area (Å²) in [6.07, 6.45) is -0.202. The molecule has 1 atom stereocenters. The molecule has 1 aliphatic rings. The summed E-state index contributed by atoms with van der Waals surface area (Å²) >= 11 is 0. The lowest BCUT2D eigenvalue weighted by Gasteiger charge is -2.38. The number of aryl methyl sites for hydroxylation is 1. The predicted molar refractivity (Wildman–Crippen MR) is 186 cm³/mol. The molecule has 1 aliphatic heterocycles. The number of aliphatic carboxylic acids is 1. The highest BCUT2D eigenvalue weighted by Crippen LogP contribution is 2.34. The van der Waals surface area contributed by atoms with Gasteiger partial charge in [-0.3, -0.25) is 19.3 Å². The number of alkyl halides is 3. The van der Waals surface area contributed by atoms with Crippen molar-refractivity contribution in [3.05, 3.63) is 92.7 Å². The monoisotopic (exact) mass is 707 g/mol. The van der Waals surface area contributed by atoms with Gasteiger partial charge in [-0.25, -0.2) is 4.39 Å². The number of aromatic nitrogens is 1. The van der Waals surface area contributed by atoms with Crippen LogP contribution < -0.4 is 16.0 Å². The van der Waals surface area contributed by atoms with Gasteiger partial charge in [0.1, 0.15) is 17.6 Å². The third-order valence-corrected chi connectivity index (χ3v) is 8.21. The molecule has 0 aliphatic carbocycles. The van der Waals surface area contributed by atoms with Gasteiger partial charge in [0, 0.05) is 45.4 Å². The van der Waals surface area contributed by atoms with Gasteiger partial charge in [-0.2, -0.15) is 13.2 Å². The number of hydrogen-bond donors (Lipinski definition) is 2. The quantitative estimate of drug-likeness (QED) is 0.154. The number of benzene rings is 1. The van der Waals surface area contributed by atoms with Crippen LogP contribution in [0.3, 0.4) is 0 Å². The molecule has 0 bridgehead atoms. The third-order valence-electron chi connectivity index (χ3n) is 8.21. The zero-order valence-electron chi connectivity index (χ0n) is 29.8. The van der Waals surface area contributed by atoms with Crippen molar-refractivity contribution in [3.8, 4) is 5.75 Å². The maximum atomic E-state index is 14.1. The Bertz CT molecular complexity index is 1640. The predicted octanol–water partition coefficient (Wildman–Crippen LogP) is 6.80. The van der Waals surface area contributed by atoms with Gasteiger partial charge in [0.15, 0.2) is 0 Å². The summed E-state index contributed by atoms with van der Waals surface area (Å²) < 4.78 is 65.8. The molecule has 1 fully saturated rings. The zero-order chi connectivity index (χ0) is 37.9. The highest BCUT2D eigenvalue weighted by molar-refractivity contribution is 5.81. The Morgan fingerprint density at radius 3 is 2.28 bits per heavy atom. The summed E-state index contributed by atoms with van der Waals surface area (Å²) in [5, 5.41) is 8.68. The van der Waals surface area contributed by atoms with E-state index in [1.165, 1.54) is 6.08 Å². The standard InChI is InChI=1S/C19H23FO3.C18H26F3N3O3/c1-12(2)10-15(11-16(20)7-9-18(21)22)19-13(3)6-8-17(23-5)14(19)4;1-11(2)6-15(17(22)26)24-8-12(4-5-23-9-13(10-23)27-3)14(7-16(24)25)18(19,20)21/h6,8,10-11H,1,7,9H2,2-5H3,(H,21,22);7-8,11,13,15H,4-6,9-10H2,1-3H3,(H2,22,26)/b15-10+,16-11-;. The molecular formula is C37H49F4N3O6. The average Bonchev–Trinajstić information content (AvgIpc) is 2.98. The highest BCUT2D eigenvalue weighted by atomic mass is 19.4. The number of nitrogens with two attached hydrogens (primary N) is 1. The van der Waals surface area contributed by atoms with Crippen LogP contribution in [0.1, 0.15) is 73.9 Å². The number of allylic oxidation sites excluding steroid dienone is 5. The molecule has 276 valence electrons. The maximum absolute atomic E-state index is 14.1. The average molecular weight is 708 g/mol. The number of amides is 1. The molecule has 0 spiro atoms. The fourth-order valence-electron chi connectivity index (χ4n) is 5.66. The fraction of sp³-hybridized carbons (Fsp3) is 0.486. The number of methoxy groups -OCH3 is 2. The van der Waals surface area contributed by atoms with Gasteiger partial charge in [-0.1, -0.05) is 38.1 Å². The van der Waals surface area contributed by atoms with Crippen molar-refractivity contribution in [2.24, 2.45) is 11.7 Å². The summed E-state index contributed by atoms with van der Waals surface area (Å²) in [6, 6.07) is 3.38. The highest BCUT2D eigenvalue weighted by Gasteiger charge is 2.36. The Balaban J connectivity index is 0.000000352. The number of likely N-dealkylation sites (tertiary alicyclic amines) is 1. The second kappa shape index (κ2) is 18.7. The lowest BCUT2D eigenvalue weighted by atomic mass is 9.93. The molecule has 1 aromatic heterocycles. The van der Waals surface area contributed by atoms with Gasteiger partial charge >= 0.3 is 12.1 Å². The van der Waals surface area contributed by atoms with Crippen LogP contribution >= 0.6 is 0 Å². The van der Waals surface area contributed by atoms with Crippen molar-refractivity contribution in [1.29, 1.82) is 0 Å². The van der Waals surface area contributed by atoms with Crippen LogP contribution in [-0.4, -0.2) is 66.4 Å². The molecule has 9 nitrogen and oxygen atoms in total. The largest absolute Gasteiger partial charge is 0.496 e. The van der Waals surface area contributed by atoms with Crippen LogP contribution in [0.5, 0.6) is 5.75 Å². The Kier molecular flexibility index (Phi) is 15.7. The molecule has 3 N–H and O–H groups in total. The van der Waals surface area contributed by atoms with Gasteiger partial charge in [0.05, 0.1) is 25.2 Å². The van der Waals surface area contributed by atoms with E-state index in [1.54, 1.807) is 20.3 Å². The molecule has 50 heavy (non-hydrogen) atoms. The summed E-state index contributed by atoms with van der Waals surface area (Å²) in [7, 11) is 3.19. The van der Waals surface area contributed by atoms with Crippen LogP contribution in [0.15, 0.2) is 59.3 Å². The van der Waals surface area contributed by atoms with Crippen molar-refractivity contribution in [3.63, 3.8) is 0 Å². The van der Waals surface area contributed by atoms with Gasteiger partial charge in [0.2, 0.25) is 5.91 Å². The topological polar surface area (TPSA) is 124 Å². The van der Waals surface area contributed by atoms with Crippen LogP contribution in [-0.2, 0) is 26.9 Å². The Morgan fingerprint density at radius 1 is 1.14 bits per heavy atom. The number of carboxylic acids is 1. The Morgan fingerprint density at radius 2 is 1.78 bits per heavy atom. The molecule has 0 saturated carbocycles. The minimum Gasteiger partial charge on any atom is -0.496 e. The minimum absolute atomic E-state index is 0.0158. The first kappa shape index (κ1) is 41.9. The summed E-state index contributed by atoms with van der Waals surface area (Å²) in [5.74, 6) is -1.46. The zero-order valence-corrected chi connectivity index (χ0v) is 29.8. The molecule has 1 saturated heterocycles. The first-order valence-electron chi connectivity index (χ1n) is 16.2. The smallest absolute Gasteiger partial charge is 0.416 e. The number of halogens is 4. The van der Waals surface area contributed by atoms with E-state index >= 15 is 0 Å². The normalized spacial score (nSPS) is 14.9. The molecule has 1 aromatic carbocycles. The van der Waals surface area contributed by atoms with Crippen LogP contribution in [0.4, 0.5) is 17.6 Å². The number of primary amides is 1. The summed E-state index contributed by atoms with van der Waals surface area (Å²) in [6.45, 7) is 15.0. The van der Waals surface area contributed by atoms with Crippen molar-refractivity contribution in [2.75, 3.05) is 33.9 Å². The number of pyridine rings is 1. The first-order chi connectivity index (χ1) is 23.3. The number of hydrogen-bond acceptors (Lipinski definition) is 6. The minimum atomic E-state index is -4.64. The van der Waals surface area contributed by atoms with Crippen LogP contribution in [0.25, 0.3) is 5.57 Å². The van der Waals surface area contributed by atoms with Gasteiger partial charge < -0.3 is 24.9 Å². The lowest BCUT2D eigenvalue weighted by Crippen LogP contribution is -2.52. The van der Waals surface area contributed by atoms with Crippen molar-refractivity contribution >= 4 is 17.4 Å². The first-order valence-corrected chi connectivity index (χ1v) is 16.2. The number of rotatable bonds is 15. The number of carbonyl (C=O) groups excluding carboxylic acids is 1. The number of nitrogens with zero attached hydrogens (tertiary/aromatic N) is 2. The van der Waals surface area contributed by atoms with E-state index < -0.39 is 41.0 Å². The lowest BCUT2D eigenvalue weighted by molar-refractivity contribution is -0.138. The second-order valence-corrected chi connectivity index (χ2v) is 12.9. The van der Waals surface area contributed by atoms with E-state index in [4.69, 9.17) is 20.3 Å². The molecule has 3 rings (SSSR count). The number of ether oxygens (including phenoxy) is 2. The molecule has 2 aromatic rings. The molecule has 1 unspecified atom stereocenters. The Hall–Kier alpha value is -4.23. The van der Waals surface area contributed by atoms with E-state index in [0.717, 1.165) is 38.8 Å². The summed E-state index contributed by atoms with van der Waals surface area (Å²) in [5.41, 5.74) is 7.76. The maximum Gasteiger partial charge on any atom is 0.416 e. The van der Waals surface area contributed by atoms with Crippen LogP contribution in [0, 0.1) is 19.8 Å². The number of carboxylic acid groups (broad SMARTS) is 1. The van der Waals surface area contributed by atoms with Gasteiger partial charge in [0.25, 0.3) is 5.56 Å². The SMILES string of the molecule is C=C(C)/C=C(\C=C(/F)CCC(=O)O)c1c(C)ccc(OC)c1C.COC1CN(CCc2cn(C(CC(C)C)C(N)=O)c(=O)cc2C(F)(F)F)C1. The van der Waals surface area contributed by atoms with Crippen molar-refractivity contribution < 1.29 is 41.7 Å². The second-order valence-electron chi connectivity index (χ2n) is 12.9. The molecular weight excluding hydrogens is 658 g/mol. The molecule has 0 radical (unpaired) electrons. The van der Waals surface area contributed by atoms with Crippen molar-refractivity contribution in [1.82, 2.24) is 9.47 Å². The number of carbonyl (C=O) groups is 2. The van der Waals surface area contributed by atoms with E-state index in [0.29, 0.717) is 31.3 Å². The van der Waals surface area contributed by atoms with Gasteiger partial charge in [-0.15, -0.1) is 0 Å². The Labute approximate surface area is 291 Å². The molecule has 2 heterocycles. The van der Waals surface area contributed by atoms with E-state index in [1.807, 2.05) is 51.7 Å². The third kappa shape index (κ3) is 12.3. The van der Waals surface area contributed by atoms with E-state index in [2.05, 4.69) is 6.58 Å². The van der Waals surface area contributed by atoms with Crippen LogP contribution in [0.2, 0.25) is 0 Å². The van der Waals surface area contributed by atoms with E-state index in [-0.39, 0.29) is 43.3 Å².